The maximum absolute atomic E-state index is 14.2. The SMILES string of the molecule is Cc1ccc2c(c1)C1(CCN(Cc3ccc(C(C)(C)C)cc3)CC1)CN2C(=O)Nc1ccccc1F. The van der Waals surface area contributed by atoms with Crippen molar-refractivity contribution in [3.63, 3.8) is 0 Å². The highest BCUT2D eigenvalue weighted by molar-refractivity contribution is 6.03. The van der Waals surface area contributed by atoms with Gasteiger partial charge < -0.3 is 5.32 Å². The number of hydrogen-bond donors (Lipinski definition) is 1. The number of carbonyl (C=O) groups excluding carboxylic acids is 1. The highest BCUT2D eigenvalue weighted by atomic mass is 19.1. The van der Waals surface area contributed by atoms with Crippen LogP contribution in [0.25, 0.3) is 0 Å². The number of halogens is 1. The molecular formula is C31H36FN3O. The molecular weight excluding hydrogens is 449 g/mol. The van der Waals surface area contributed by atoms with Crippen LogP contribution < -0.4 is 10.2 Å². The second-order valence-corrected chi connectivity index (χ2v) is 11.5. The van der Waals surface area contributed by atoms with Gasteiger partial charge in [0.2, 0.25) is 0 Å². The topological polar surface area (TPSA) is 35.6 Å². The van der Waals surface area contributed by atoms with E-state index in [1.54, 1.807) is 18.2 Å². The fraction of sp³-hybridized carbons (Fsp3) is 0.387. The van der Waals surface area contributed by atoms with Crippen LogP contribution in [0.3, 0.4) is 0 Å². The fourth-order valence-corrected chi connectivity index (χ4v) is 5.64. The van der Waals surface area contributed by atoms with Gasteiger partial charge in [-0.15, -0.1) is 0 Å². The normalized spacial score (nSPS) is 17.3. The number of aryl methyl sites for hydroxylation is 1. The highest BCUT2D eigenvalue weighted by Gasteiger charge is 2.46. The minimum Gasteiger partial charge on any atom is -0.305 e. The predicted molar refractivity (Wildman–Crippen MR) is 145 cm³/mol. The van der Waals surface area contributed by atoms with Crippen molar-refractivity contribution < 1.29 is 9.18 Å². The number of fused-ring (bicyclic) bond motifs is 2. The molecule has 1 N–H and O–H groups in total. The van der Waals surface area contributed by atoms with Gasteiger partial charge in [-0.05, 0) is 73.2 Å². The molecule has 36 heavy (non-hydrogen) atoms. The largest absolute Gasteiger partial charge is 0.326 e. The van der Waals surface area contributed by atoms with Crippen molar-refractivity contribution >= 4 is 17.4 Å². The molecule has 5 heteroatoms. The van der Waals surface area contributed by atoms with Gasteiger partial charge >= 0.3 is 6.03 Å². The van der Waals surface area contributed by atoms with Crippen molar-refractivity contribution in [2.45, 2.75) is 57.9 Å². The summed E-state index contributed by atoms with van der Waals surface area (Å²) in [5, 5.41) is 2.79. The molecule has 3 aromatic rings. The van der Waals surface area contributed by atoms with Gasteiger partial charge in [0, 0.05) is 24.2 Å². The lowest BCUT2D eigenvalue weighted by atomic mass is 9.74. The van der Waals surface area contributed by atoms with E-state index in [0.29, 0.717) is 6.54 Å². The third-order valence-corrected chi connectivity index (χ3v) is 7.87. The summed E-state index contributed by atoms with van der Waals surface area (Å²) < 4.78 is 14.2. The summed E-state index contributed by atoms with van der Waals surface area (Å²) in [7, 11) is 0. The Balaban J connectivity index is 1.31. The first-order valence-electron chi connectivity index (χ1n) is 12.9. The molecule has 0 saturated carbocycles. The molecule has 2 aliphatic heterocycles. The van der Waals surface area contributed by atoms with Crippen LogP contribution in [-0.2, 0) is 17.4 Å². The zero-order valence-corrected chi connectivity index (χ0v) is 21.8. The van der Waals surface area contributed by atoms with Crippen LogP contribution in [0.1, 0.15) is 55.9 Å². The first kappa shape index (κ1) is 24.5. The van der Waals surface area contributed by atoms with Gasteiger partial charge in [0.1, 0.15) is 5.82 Å². The van der Waals surface area contributed by atoms with Gasteiger partial charge in [-0.3, -0.25) is 9.80 Å². The Hall–Kier alpha value is -3.18. The molecule has 3 aromatic carbocycles. The standard InChI is InChI=1S/C31H36FN3O/c1-22-9-14-28-25(19-22)31(21-35(28)29(36)33-27-8-6-5-7-26(27)32)15-17-34(18-16-31)20-23-10-12-24(13-11-23)30(2,3)4/h5-14,19H,15-18,20-21H2,1-4H3,(H,33,36). The third-order valence-electron chi connectivity index (χ3n) is 7.87. The van der Waals surface area contributed by atoms with Gasteiger partial charge in [-0.25, -0.2) is 9.18 Å². The van der Waals surface area contributed by atoms with E-state index in [1.165, 1.54) is 28.3 Å². The number of likely N-dealkylation sites (tertiary alicyclic amines) is 1. The summed E-state index contributed by atoms with van der Waals surface area (Å²) in [6, 6.07) is 21.4. The Labute approximate surface area is 214 Å². The van der Waals surface area contributed by atoms with Crippen LogP contribution in [-0.4, -0.2) is 30.6 Å². The van der Waals surface area contributed by atoms with Crippen LogP contribution in [0, 0.1) is 12.7 Å². The van der Waals surface area contributed by atoms with Crippen LogP contribution in [0.15, 0.2) is 66.7 Å². The molecule has 1 saturated heterocycles. The summed E-state index contributed by atoms with van der Waals surface area (Å²) in [4.78, 5) is 17.6. The number of nitrogens with one attached hydrogen (secondary N) is 1. The van der Waals surface area contributed by atoms with Gasteiger partial charge in [0.25, 0.3) is 0 Å². The summed E-state index contributed by atoms with van der Waals surface area (Å²) in [5.41, 5.74) is 6.40. The van der Waals surface area contributed by atoms with Gasteiger partial charge in [0.05, 0.1) is 5.69 Å². The molecule has 4 nitrogen and oxygen atoms in total. The molecule has 5 rings (SSSR count). The van der Waals surface area contributed by atoms with Crippen molar-refractivity contribution in [3.8, 4) is 0 Å². The third kappa shape index (κ3) is 4.77. The van der Waals surface area contributed by atoms with Gasteiger partial charge in [-0.1, -0.05) is 74.9 Å². The van der Waals surface area contributed by atoms with Crippen molar-refractivity contribution in [2.75, 3.05) is 29.9 Å². The van der Waals surface area contributed by atoms with E-state index in [4.69, 9.17) is 0 Å². The Morgan fingerprint density at radius 1 is 1.00 bits per heavy atom. The predicted octanol–water partition coefficient (Wildman–Crippen LogP) is 7.02. The number of carbonyl (C=O) groups is 1. The summed E-state index contributed by atoms with van der Waals surface area (Å²) in [6.45, 7) is 12.4. The maximum Gasteiger partial charge on any atom is 0.326 e. The molecule has 1 spiro atoms. The molecule has 2 amide bonds. The van der Waals surface area contributed by atoms with Crippen molar-refractivity contribution in [3.05, 3.63) is 94.8 Å². The minimum atomic E-state index is -0.423. The van der Waals surface area contributed by atoms with E-state index in [-0.39, 0.29) is 22.5 Å². The number of para-hydroxylation sites is 1. The number of hydrogen-bond acceptors (Lipinski definition) is 2. The second-order valence-electron chi connectivity index (χ2n) is 11.5. The minimum absolute atomic E-state index is 0.0689. The second kappa shape index (κ2) is 9.36. The number of urea groups is 1. The van der Waals surface area contributed by atoms with Gasteiger partial charge in [0.15, 0.2) is 0 Å². The van der Waals surface area contributed by atoms with E-state index in [2.05, 4.69) is 74.3 Å². The number of benzene rings is 3. The van der Waals surface area contributed by atoms with Crippen LogP contribution in [0.2, 0.25) is 0 Å². The number of nitrogens with zero attached hydrogens (tertiary/aromatic N) is 2. The number of amides is 2. The maximum atomic E-state index is 14.2. The first-order valence-corrected chi connectivity index (χ1v) is 12.9. The fourth-order valence-electron chi connectivity index (χ4n) is 5.64. The zero-order chi connectivity index (χ0) is 25.5. The summed E-state index contributed by atoms with van der Waals surface area (Å²) in [5.74, 6) is -0.423. The molecule has 2 aliphatic rings. The van der Waals surface area contributed by atoms with E-state index in [1.807, 2.05) is 11.0 Å². The van der Waals surface area contributed by atoms with E-state index in [0.717, 1.165) is 38.2 Å². The molecule has 1 fully saturated rings. The van der Waals surface area contributed by atoms with E-state index >= 15 is 0 Å². The molecule has 0 aliphatic carbocycles. The molecule has 0 unspecified atom stereocenters. The zero-order valence-electron chi connectivity index (χ0n) is 21.8. The van der Waals surface area contributed by atoms with Gasteiger partial charge in [-0.2, -0.15) is 0 Å². The average molecular weight is 486 g/mol. The van der Waals surface area contributed by atoms with Crippen molar-refractivity contribution in [1.29, 1.82) is 0 Å². The molecule has 0 aromatic heterocycles. The average Bonchev–Trinajstić information content (AvgIpc) is 3.15. The van der Waals surface area contributed by atoms with Crippen LogP contribution >= 0.6 is 0 Å². The first-order chi connectivity index (χ1) is 17.1. The lowest BCUT2D eigenvalue weighted by molar-refractivity contribution is 0.160. The van der Waals surface area contributed by atoms with Crippen molar-refractivity contribution in [1.82, 2.24) is 4.90 Å². The van der Waals surface area contributed by atoms with E-state index < -0.39 is 5.82 Å². The molecule has 188 valence electrons. The monoisotopic (exact) mass is 485 g/mol. The Bertz CT molecular complexity index is 1250. The van der Waals surface area contributed by atoms with E-state index in [9.17, 15) is 9.18 Å². The molecule has 0 radical (unpaired) electrons. The summed E-state index contributed by atoms with van der Waals surface area (Å²) >= 11 is 0. The summed E-state index contributed by atoms with van der Waals surface area (Å²) in [6.07, 6.45) is 1.99. The Kier molecular flexibility index (Phi) is 6.37. The number of anilines is 2. The number of rotatable bonds is 3. The van der Waals surface area contributed by atoms with Crippen LogP contribution in [0.4, 0.5) is 20.6 Å². The quantitative estimate of drug-likeness (QED) is 0.433. The Morgan fingerprint density at radius 2 is 1.69 bits per heavy atom. The van der Waals surface area contributed by atoms with Crippen molar-refractivity contribution in [2.24, 2.45) is 0 Å². The molecule has 0 atom stereocenters. The smallest absolute Gasteiger partial charge is 0.305 e. The Morgan fingerprint density at radius 3 is 2.36 bits per heavy atom. The lowest BCUT2D eigenvalue weighted by Gasteiger charge is -2.40. The molecule has 2 heterocycles. The lowest BCUT2D eigenvalue weighted by Crippen LogP contribution is -2.46. The number of piperidine rings is 1. The highest BCUT2D eigenvalue weighted by Crippen LogP contribution is 2.47. The molecule has 0 bridgehead atoms. The van der Waals surface area contributed by atoms with Crippen LogP contribution in [0.5, 0.6) is 0 Å².